The van der Waals surface area contributed by atoms with Gasteiger partial charge in [-0.3, -0.25) is 4.99 Å². The second-order valence-corrected chi connectivity index (χ2v) is 8.01. The van der Waals surface area contributed by atoms with E-state index in [-0.39, 0.29) is 24.0 Å². The average molecular weight is 529 g/mol. The number of aryl methyl sites for hydroxylation is 1. The molecule has 0 spiro atoms. The van der Waals surface area contributed by atoms with Gasteiger partial charge in [0.05, 0.1) is 0 Å². The third kappa shape index (κ3) is 6.78. The minimum atomic E-state index is 0. The molecular formula is C20H32IN7S. The monoisotopic (exact) mass is 529 g/mol. The van der Waals surface area contributed by atoms with Crippen molar-refractivity contribution in [2.45, 2.75) is 26.4 Å². The fraction of sp³-hybridized carbons (Fsp3) is 0.550. The lowest BCUT2D eigenvalue weighted by Crippen LogP contribution is -2.52. The molecule has 0 unspecified atom stereocenters. The lowest BCUT2D eigenvalue weighted by Gasteiger charge is -2.36. The molecule has 0 atom stereocenters. The molecule has 29 heavy (non-hydrogen) atoms. The first-order valence-electron chi connectivity index (χ1n) is 9.84. The summed E-state index contributed by atoms with van der Waals surface area (Å²) in [4.78, 5) is 15.9. The smallest absolute Gasteiger partial charge is 0.205 e. The average Bonchev–Trinajstić information content (AvgIpc) is 3.19. The van der Waals surface area contributed by atoms with Gasteiger partial charge in [0.25, 0.3) is 0 Å². The highest BCUT2D eigenvalue weighted by Crippen LogP contribution is 2.19. The Balaban J connectivity index is 0.00000300. The van der Waals surface area contributed by atoms with Crippen LogP contribution in [-0.4, -0.2) is 72.4 Å². The number of aliphatic imine (C=N–C) groups is 1. The van der Waals surface area contributed by atoms with Gasteiger partial charge in [-0.25, -0.2) is 4.98 Å². The molecule has 1 aromatic carbocycles. The van der Waals surface area contributed by atoms with E-state index in [0.29, 0.717) is 0 Å². The van der Waals surface area contributed by atoms with Crippen molar-refractivity contribution in [2.75, 3.05) is 52.2 Å². The molecule has 160 valence electrons. The van der Waals surface area contributed by atoms with E-state index in [1.807, 2.05) is 7.05 Å². The zero-order valence-corrected chi connectivity index (χ0v) is 20.9. The summed E-state index contributed by atoms with van der Waals surface area (Å²) < 4.78 is 4.40. The summed E-state index contributed by atoms with van der Waals surface area (Å²) in [6.45, 7) is 7.59. The number of nitrogens with zero attached hydrogens (tertiary/aromatic N) is 6. The summed E-state index contributed by atoms with van der Waals surface area (Å²) in [7, 11) is 6.03. The van der Waals surface area contributed by atoms with Gasteiger partial charge in [0, 0.05) is 64.3 Å². The highest BCUT2D eigenvalue weighted by atomic mass is 127. The first kappa shape index (κ1) is 23.8. The molecule has 0 saturated carbocycles. The van der Waals surface area contributed by atoms with Crippen molar-refractivity contribution in [3.8, 4) is 0 Å². The fourth-order valence-corrected chi connectivity index (χ4v) is 4.07. The highest BCUT2D eigenvalue weighted by molar-refractivity contribution is 14.0. The molecule has 0 amide bonds. The largest absolute Gasteiger partial charge is 0.352 e. The van der Waals surface area contributed by atoms with Crippen LogP contribution in [0.15, 0.2) is 29.3 Å². The van der Waals surface area contributed by atoms with Crippen LogP contribution in [0, 0.1) is 0 Å². The number of rotatable bonds is 6. The van der Waals surface area contributed by atoms with Gasteiger partial charge in [0.1, 0.15) is 5.82 Å². The summed E-state index contributed by atoms with van der Waals surface area (Å²) in [6, 6.07) is 8.78. The minimum absolute atomic E-state index is 0. The zero-order chi connectivity index (χ0) is 19.9. The van der Waals surface area contributed by atoms with Crippen molar-refractivity contribution in [2.24, 2.45) is 4.99 Å². The lowest BCUT2D eigenvalue weighted by atomic mass is 10.1. The Kier molecular flexibility index (Phi) is 9.57. The van der Waals surface area contributed by atoms with Gasteiger partial charge in [-0.2, -0.15) is 4.37 Å². The summed E-state index contributed by atoms with van der Waals surface area (Å²) in [5.74, 6) is 1.90. The lowest BCUT2D eigenvalue weighted by molar-refractivity contribution is 0.372. The molecular weight excluding hydrogens is 497 g/mol. The van der Waals surface area contributed by atoms with Crippen LogP contribution in [0.25, 0.3) is 0 Å². The maximum atomic E-state index is 4.61. The highest BCUT2D eigenvalue weighted by Gasteiger charge is 2.21. The van der Waals surface area contributed by atoms with Gasteiger partial charge in [-0.05, 0) is 25.2 Å². The van der Waals surface area contributed by atoms with E-state index in [4.69, 9.17) is 0 Å². The second kappa shape index (κ2) is 11.7. The Bertz CT molecular complexity index is 767. The number of piperazine rings is 1. The van der Waals surface area contributed by atoms with Crippen LogP contribution in [-0.2, 0) is 19.5 Å². The molecule has 2 aromatic rings. The Labute approximate surface area is 195 Å². The third-order valence-electron chi connectivity index (χ3n) is 4.81. The Morgan fingerprint density at radius 1 is 1.14 bits per heavy atom. The molecule has 2 heterocycles. The van der Waals surface area contributed by atoms with Crippen molar-refractivity contribution >= 4 is 46.6 Å². The van der Waals surface area contributed by atoms with Gasteiger partial charge in [0.15, 0.2) is 5.96 Å². The number of anilines is 1. The van der Waals surface area contributed by atoms with Crippen molar-refractivity contribution in [3.63, 3.8) is 0 Å². The molecule has 1 fully saturated rings. The summed E-state index contributed by atoms with van der Waals surface area (Å²) in [5.41, 5.74) is 2.60. The molecule has 7 nitrogen and oxygen atoms in total. The van der Waals surface area contributed by atoms with E-state index >= 15 is 0 Å². The third-order valence-corrected chi connectivity index (χ3v) is 5.62. The topological polar surface area (TPSA) is 59.9 Å². The molecule has 1 aromatic heterocycles. The van der Waals surface area contributed by atoms with E-state index in [1.54, 1.807) is 0 Å². The number of aromatic nitrogens is 2. The van der Waals surface area contributed by atoms with Gasteiger partial charge < -0.3 is 20.0 Å². The quantitative estimate of drug-likeness (QED) is 0.353. The van der Waals surface area contributed by atoms with E-state index in [0.717, 1.165) is 62.6 Å². The maximum Gasteiger partial charge on any atom is 0.205 e. The number of halogens is 1. The fourth-order valence-electron chi connectivity index (χ4n) is 3.27. The summed E-state index contributed by atoms with van der Waals surface area (Å²) >= 11 is 1.51. The second-order valence-electron chi connectivity index (χ2n) is 7.28. The molecule has 1 N–H and O–H groups in total. The molecule has 3 rings (SSSR count). The van der Waals surface area contributed by atoms with E-state index < -0.39 is 0 Å². The van der Waals surface area contributed by atoms with Crippen molar-refractivity contribution < 1.29 is 0 Å². The Morgan fingerprint density at radius 3 is 2.34 bits per heavy atom. The number of hydrogen-bond acceptors (Lipinski definition) is 6. The molecule has 0 radical (unpaired) electrons. The molecule has 1 saturated heterocycles. The van der Waals surface area contributed by atoms with Crippen molar-refractivity contribution in [1.82, 2.24) is 24.5 Å². The molecule has 0 bridgehead atoms. The van der Waals surface area contributed by atoms with Gasteiger partial charge >= 0.3 is 0 Å². The molecule has 0 aliphatic carbocycles. The van der Waals surface area contributed by atoms with E-state index in [2.05, 4.69) is 79.7 Å². The summed E-state index contributed by atoms with van der Waals surface area (Å²) in [6.07, 6.45) is 0.892. The number of benzene rings is 1. The molecule has 9 heteroatoms. The van der Waals surface area contributed by atoms with Crippen LogP contribution in [0.3, 0.4) is 0 Å². The van der Waals surface area contributed by atoms with Crippen molar-refractivity contribution in [3.05, 3.63) is 41.2 Å². The maximum absolute atomic E-state index is 4.61. The first-order chi connectivity index (χ1) is 13.6. The number of guanidine groups is 1. The van der Waals surface area contributed by atoms with Crippen molar-refractivity contribution in [1.29, 1.82) is 0 Å². The van der Waals surface area contributed by atoms with Gasteiger partial charge in [-0.1, -0.05) is 31.2 Å². The molecule has 1 aliphatic heterocycles. The Hall–Kier alpha value is -1.46. The van der Waals surface area contributed by atoms with E-state index in [1.165, 1.54) is 22.7 Å². The van der Waals surface area contributed by atoms with Gasteiger partial charge in [0.2, 0.25) is 5.13 Å². The predicted octanol–water partition coefficient (Wildman–Crippen LogP) is 2.68. The van der Waals surface area contributed by atoms with Gasteiger partial charge in [-0.15, -0.1) is 24.0 Å². The molecule has 1 aliphatic rings. The predicted molar refractivity (Wildman–Crippen MR) is 133 cm³/mol. The first-order valence-corrected chi connectivity index (χ1v) is 10.6. The van der Waals surface area contributed by atoms with Crippen LogP contribution in [0.5, 0.6) is 0 Å². The number of nitrogens with one attached hydrogen (secondary N) is 1. The zero-order valence-electron chi connectivity index (χ0n) is 17.8. The van der Waals surface area contributed by atoms with E-state index in [9.17, 15) is 0 Å². The standard InChI is InChI=1S/C20H31N7S.HI/c1-5-18-23-20(28-24-18)27-12-10-26(11-13-27)19(21-2)22-14-16-6-8-17(9-7-16)15-25(3)4;/h6-9H,5,10-15H2,1-4H3,(H,21,22);1H. The van der Waals surface area contributed by atoms with Crippen LogP contribution in [0.4, 0.5) is 5.13 Å². The number of hydrogen-bond donors (Lipinski definition) is 1. The van der Waals surface area contributed by atoms with Crippen LogP contribution < -0.4 is 10.2 Å². The minimum Gasteiger partial charge on any atom is -0.352 e. The van der Waals surface area contributed by atoms with Crippen LogP contribution in [0.2, 0.25) is 0 Å². The SMILES string of the molecule is CCc1nsc(N2CCN(C(=NC)NCc3ccc(CN(C)C)cc3)CC2)n1.I. The normalized spacial score (nSPS) is 14.9. The van der Waals surface area contributed by atoms with Crippen LogP contribution in [0.1, 0.15) is 23.9 Å². The van der Waals surface area contributed by atoms with Crippen LogP contribution >= 0.6 is 35.5 Å². The Morgan fingerprint density at radius 2 is 1.79 bits per heavy atom. The summed E-state index contributed by atoms with van der Waals surface area (Å²) in [5, 5.41) is 4.54.